The fraction of sp³-hybridized carbons (Fsp3) is 0.800. The highest BCUT2D eigenvalue weighted by Crippen LogP contribution is 2.84. The van der Waals surface area contributed by atoms with E-state index < -0.39 is 74.6 Å². The van der Waals surface area contributed by atoms with Gasteiger partial charge in [-0.05, 0) is 38.7 Å². The van der Waals surface area contributed by atoms with E-state index in [9.17, 15) is 24.3 Å². The number of carbonyl (C=O) groups excluding carboxylic acids is 4. The predicted octanol–water partition coefficient (Wildman–Crippen LogP) is 2.64. The molecule has 6 aliphatic rings. The molecule has 0 aromatic rings. The van der Waals surface area contributed by atoms with Crippen molar-refractivity contribution in [3.8, 4) is 0 Å². The van der Waals surface area contributed by atoms with Gasteiger partial charge in [-0.25, -0.2) is 0 Å². The van der Waals surface area contributed by atoms with Gasteiger partial charge in [-0.1, -0.05) is 33.8 Å². The third-order valence-corrected chi connectivity index (χ3v) is 12.3. The molecule has 10 nitrogen and oxygen atoms in total. The average Bonchev–Trinajstić information content (AvgIpc) is 3.24. The molecule has 0 aromatic heterocycles. The summed E-state index contributed by atoms with van der Waals surface area (Å²) in [5, 5.41) is 12.3. The summed E-state index contributed by atoms with van der Waals surface area (Å²) >= 11 is 0. The van der Waals surface area contributed by atoms with Gasteiger partial charge < -0.3 is 28.8 Å². The summed E-state index contributed by atoms with van der Waals surface area (Å²) in [6.45, 7) is 13.9. The van der Waals surface area contributed by atoms with Crippen LogP contribution in [0.2, 0.25) is 0 Å². The molecule has 4 aliphatic carbocycles. The lowest BCUT2D eigenvalue weighted by Crippen LogP contribution is -2.76. The van der Waals surface area contributed by atoms with Crippen LogP contribution >= 0.6 is 0 Å². The average molecular weight is 561 g/mol. The molecule has 11 atom stereocenters. The van der Waals surface area contributed by atoms with Crippen LogP contribution in [0.1, 0.15) is 74.7 Å². The lowest BCUT2D eigenvalue weighted by Gasteiger charge is -2.69. The number of ether oxygens (including phenoxy) is 5. The first kappa shape index (κ1) is 27.7. The molecule has 1 N–H and O–H groups in total. The van der Waals surface area contributed by atoms with Gasteiger partial charge in [0.2, 0.25) is 0 Å². The maximum absolute atomic E-state index is 14.3. The van der Waals surface area contributed by atoms with E-state index in [-0.39, 0.29) is 24.3 Å². The van der Waals surface area contributed by atoms with Crippen LogP contribution in [-0.4, -0.2) is 71.7 Å². The molecule has 0 amide bonds. The third-order valence-electron chi connectivity index (χ3n) is 12.3. The molecule has 220 valence electrons. The second-order valence-corrected chi connectivity index (χ2v) is 14.2. The highest BCUT2D eigenvalue weighted by molar-refractivity contribution is 5.90. The number of carbonyl (C=O) groups is 4. The molecule has 4 bridgehead atoms. The zero-order valence-electron chi connectivity index (χ0n) is 24.7. The molecule has 10 heteroatoms. The molecule has 0 aromatic carbocycles. The van der Waals surface area contributed by atoms with E-state index in [2.05, 4.69) is 0 Å². The normalized spacial score (nSPS) is 52.6. The van der Waals surface area contributed by atoms with Crippen molar-refractivity contribution >= 4 is 23.9 Å². The Morgan fingerprint density at radius 2 is 1.65 bits per heavy atom. The van der Waals surface area contributed by atoms with Gasteiger partial charge in [0, 0.05) is 30.6 Å². The topological polar surface area (TPSA) is 135 Å². The van der Waals surface area contributed by atoms with Gasteiger partial charge in [-0.15, -0.1) is 0 Å². The number of aliphatic hydroxyl groups is 1. The van der Waals surface area contributed by atoms with Crippen molar-refractivity contribution in [2.75, 3.05) is 7.11 Å². The number of esters is 4. The molecule has 0 spiro atoms. The van der Waals surface area contributed by atoms with Gasteiger partial charge >= 0.3 is 23.9 Å². The van der Waals surface area contributed by atoms with Crippen LogP contribution in [0.4, 0.5) is 0 Å². The number of hydrogen-bond acceptors (Lipinski definition) is 10. The number of hydrogen-bond donors (Lipinski definition) is 1. The van der Waals surface area contributed by atoms with Gasteiger partial charge in [0.05, 0.1) is 23.5 Å². The van der Waals surface area contributed by atoms with E-state index in [0.717, 1.165) is 0 Å². The van der Waals surface area contributed by atoms with Gasteiger partial charge in [0.25, 0.3) is 0 Å². The molecule has 40 heavy (non-hydrogen) atoms. The van der Waals surface area contributed by atoms with E-state index in [1.807, 2.05) is 40.7 Å². The molecule has 2 aliphatic heterocycles. The smallest absolute Gasteiger partial charge is 0.316 e. The molecule has 6 rings (SSSR count). The Balaban J connectivity index is 1.65. The van der Waals surface area contributed by atoms with Crippen LogP contribution in [0.15, 0.2) is 11.6 Å². The monoisotopic (exact) mass is 560 g/mol. The quantitative estimate of drug-likeness (QED) is 0.312. The van der Waals surface area contributed by atoms with Crippen molar-refractivity contribution in [3.05, 3.63) is 11.6 Å². The summed E-state index contributed by atoms with van der Waals surface area (Å²) in [7, 11) is 1.29. The summed E-state index contributed by atoms with van der Waals surface area (Å²) in [4.78, 5) is 52.7. The Hall–Kier alpha value is -2.46. The molecule has 0 radical (unpaired) electrons. The van der Waals surface area contributed by atoms with Crippen molar-refractivity contribution in [2.45, 2.75) is 110 Å². The van der Waals surface area contributed by atoms with Crippen LogP contribution in [0.25, 0.3) is 0 Å². The number of rotatable bonds is 3. The number of aliphatic hydroxyl groups excluding tert-OH is 1. The van der Waals surface area contributed by atoms with Gasteiger partial charge in [-0.2, -0.15) is 0 Å². The Bertz CT molecular complexity index is 1290. The number of fused-ring (bicyclic) bond motifs is 3. The van der Waals surface area contributed by atoms with Crippen LogP contribution in [0.3, 0.4) is 0 Å². The predicted molar refractivity (Wildman–Crippen MR) is 137 cm³/mol. The van der Waals surface area contributed by atoms with E-state index >= 15 is 0 Å². The minimum Gasteiger partial charge on any atom is -0.468 e. The van der Waals surface area contributed by atoms with Gasteiger partial charge in [-0.3, -0.25) is 19.2 Å². The molecule has 5 fully saturated rings. The highest BCUT2D eigenvalue weighted by atomic mass is 16.6. The Kier molecular flexibility index (Phi) is 5.18. The SMILES string of the molecule is COC(=O)[C@]12[C@H](O)[C@]3(C)O[C@](C)(C=C4[C@]56CC[C@H](OC(C)=O)C(C)(C)[C@H]5[C@H](C[C@@]41C)OC6=O)[C@@]2(C)[C@H]3OC(C)=O. The van der Waals surface area contributed by atoms with Crippen LogP contribution < -0.4 is 0 Å². The minimum absolute atomic E-state index is 0.230. The van der Waals surface area contributed by atoms with Gasteiger partial charge in [0.1, 0.15) is 35.4 Å². The summed E-state index contributed by atoms with van der Waals surface area (Å²) in [5.74, 6) is -2.29. The van der Waals surface area contributed by atoms with Crippen molar-refractivity contribution < 1.29 is 48.0 Å². The maximum atomic E-state index is 14.3. The lowest BCUT2D eigenvalue weighted by molar-refractivity contribution is -0.280. The van der Waals surface area contributed by atoms with Crippen molar-refractivity contribution in [2.24, 2.45) is 33.0 Å². The molecule has 2 saturated heterocycles. The maximum Gasteiger partial charge on any atom is 0.316 e. The first-order valence-corrected chi connectivity index (χ1v) is 14.1. The largest absolute Gasteiger partial charge is 0.468 e. The first-order valence-electron chi connectivity index (χ1n) is 14.1. The Morgan fingerprint density at radius 3 is 2.23 bits per heavy atom. The van der Waals surface area contributed by atoms with E-state index in [0.29, 0.717) is 18.4 Å². The second kappa shape index (κ2) is 7.48. The standard InChI is InChI=1S/C30H40O10/c1-14(31)37-18-10-11-29-17-13-26(6)28(8)21(38-15(2)32)27(7,40-26)20(33)30(28,23(35)36-9)25(17,5)12-16(39-22(29)34)19(29)24(18,3)4/h13,16,18-21,33H,10-12H2,1-9H3/t16-,18-,19+,20+,21-,25-,26+,27-,28+,29+,30+/m0/s1. The van der Waals surface area contributed by atoms with Crippen LogP contribution in [0, 0.1) is 33.0 Å². The second-order valence-electron chi connectivity index (χ2n) is 14.2. The van der Waals surface area contributed by atoms with Crippen LogP contribution in [0.5, 0.6) is 0 Å². The fourth-order valence-corrected chi connectivity index (χ4v) is 11.1. The zero-order chi connectivity index (χ0) is 29.6. The Morgan fingerprint density at radius 1 is 1.02 bits per heavy atom. The third kappa shape index (κ3) is 2.49. The van der Waals surface area contributed by atoms with E-state index in [4.69, 9.17) is 23.7 Å². The van der Waals surface area contributed by atoms with Crippen molar-refractivity contribution in [1.82, 2.24) is 0 Å². The summed E-state index contributed by atoms with van der Waals surface area (Å²) in [5.41, 5.74) is -7.71. The summed E-state index contributed by atoms with van der Waals surface area (Å²) in [6, 6.07) is 0. The van der Waals surface area contributed by atoms with E-state index in [1.165, 1.54) is 21.0 Å². The summed E-state index contributed by atoms with van der Waals surface area (Å²) < 4.78 is 30.0. The zero-order valence-corrected chi connectivity index (χ0v) is 24.7. The molecular weight excluding hydrogens is 520 g/mol. The molecule has 2 heterocycles. The Labute approximate surface area is 234 Å². The molecular formula is C30H40O10. The minimum atomic E-state index is -1.64. The van der Waals surface area contributed by atoms with E-state index in [1.54, 1.807) is 6.92 Å². The van der Waals surface area contributed by atoms with Crippen LogP contribution in [-0.2, 0) is 42.9 Å². The molecule has 3 saturated carbocycles. The van der Waals surface area contributed by atoms with Gasteiger partial charge in [0.15, 0.2) is 0 Å². The first-order chi connectivity index (χ1) is 18.4. The molecule has 0 unspecified atom stereocenters. The van der Waals surface area contributed by atoms with Crippen molar-refractivity contribution in [3.63, 3.8) is 0 Å². The lowest BCUT2D eigenvalue weighted by atomic mass is 9.34. The number of methoxy groups -OCH3 is 1. The highest BCUT2D eigenvalue weighted by Gasteiger charge is 2.94. The van der Waals surface area contributed by atoms with Crippen molar-refractivity contribution in [1.29, 1.82) is 0 Å². The summed E-state index contributed by atoms with van der Waals surface area (Å²) in [6.07, 6.45) is -0.450. The fourth-order valence-electron chi connectivity index (χ4n) is 11.1.